The van der Waals surface area contributed by atoms with E-state index in [4.69, 9.17) is 13.8 Å². The lowest BCUT2D eigenvalue weighted by Gasteiger charge is -2.23. The minimum Gasteiger partial charge on any atom is -0.496 e. The second kappa shape index (κ2) is 10.1. The predicted molar refractivity (Wildman–Crippen MR) is 106 cm³/mol. The summed E-state index contributed by atoms with van der Waals surface area (Å²) in [4.78, 5) is 0. The molecule has 0 saturated heterocycles. The van der Waals surface area contributed by atoms with Crippen molar-refractivity contribution in [2.75, 3.05) is 32.6 Å². The first kappa shape index (κ1) is 20.1. The van der Waals surface area contributed by atoms with Gasteiger partial charge in [-0.3, -0.25) is 4.57 Å². The van der Waals surface area contributed by atoms with E-state index in [2.05, 4.69) is 18.2 Å². The molecule has 0 aliphatic rings. The molecule has 2 rings (SSSR count). The summed E-state index contributed by atoms with van der Waals surface area (Å²) < 4.78 is 29.4. The van der Waals surface area contributed by atoms with E-state index < -0.39 is 15.5 Å². The second-order valence-corrected chi connectivity index (χ2v) is 9.82. The summed E-state index contributed by atoms with van der Waals surface area (Å²) in [5.41, 5.74) is 0. The summed E-state index contributed by atoms with van der Waals surface area (Å²) in [6.07, 6.45) is 1.12. The molecule has 0 aliphatic heterocycles. The summed E-state index contributed by atoms with van der Waals surface area (Å²) in [7, 11) is -2.10. The van der Waals surface area contributed by atoms with Crippen LogP contribution in [0.4, 0.5) is 0 Å². The Morgan fingerprint density at radius 1 is 0.920 bits per heavy atom. The van der Waals surface area contributed by atoms with Gasteiger partial charge in [0.25, 0.3) is 0 Å². The Bertz CT molecular complexity index is 681. The second-order valence-electron chi connectivity index (χ2n) is 5.33. The molecule has 136 valence electrons. The summed E-state index contributed by atoms with van der Waals surface area (Å²) in [5, 5.41) is 2.37. The van der Waals surface area contributed by atoms with E-state index >= 15 is 0 Å². The van der Waals surface area contributed by atoms with E-state index in [1.54, 1.807) is 7.11 Å². The van der Waals surface area contributed by atoms with E-state index in [9.17, 15) is 4.57 Å². The molecule has 25 heavy (non-hydrogen) atoms. The zero-order valence-electron chi connectivity index (χ0n) is 15.1. The van der Waals surface area contributed by atoms with Crippen molar-refractivity contribution in [3.63, 3.8) is 0 Å². The van der Waals surface area contributed by atoms with Crippen molar-refractivity contribution >= 4 is 26.1 Å². The first-order valence-corrected chi connectivity index (χ1v) is 11.7. The smallest absolute Gasteiger partial charge is 0.331 e. The molecule has 0 spiro atoms. The topological polar surface area (TPSA) is 44.8 Å². The number of rotatable bonds is 10. The quantitative estimate of drug-likeness (QED) is 0.574. The van der Waals surface area contributed by atoms with Crippen molar-refractivity contribution < 1.29 is 18.3 Å². The van der Waals surface area contributed by atoms with Crippen molar-refractivity contribution in [2.24, 2.45) is 0 Å². The maximum absolute atomic E-state index is 12.9. The largest absolute Gasteiger partial charge is 0.496 e. The molecule has 0 amide bonds. The highest BCUT2D eigenvalue weighted by Gasteiger charge is 2.27. The number of para-hydroxylation sites is 1. The van der Waals surface area contributed by atoms with Gasteiger partial charge in [0.1, 0.15) is 5.75 Å². The fourth-order valence-electron chi connectivity index (χ4n) is 2.63. The molecule has 1 atom stereocenters. The van der Waals surface area contributed by atoms with Crippen LogP contribution in [0.25, 0.3) is 0 Å². The van der Waals surface area contributed by atoms with Crippen molar-refractivity contribution in [1.29, 1.82) is 0 Å². The minimum atomic E-state index is -3.06. The van der Waals surface area contributed by atoms with Crippen LogP contribution in [0.2, 0.25) is 0 Å². The van der Waals surface area contributed by atoms with Crippen LogP contribution < -0.4 is 15.3 Å². The molecule has 2 aromatic rings. The molecule has 6 heteroatoms. The Morgan fingerprint density at radius 2 is 1.52 bits per heavy atom. The van der Waals surface area contributed by atoms with Gasteiger partial charge in [0, 0.05) is 5.30 Å². The maximum Gasteiger partial charge on any atom is 0.331 e. The molecule has 0 fully saturated rings. The highest BCUT2D eigenvalue weighted by atomic mass is 31.2. The van der Waals surface area contributed by atoms with Crippen LogP contribution in [0.1, 0.15) is 13.8 Å². The van der Waals surface area contributed by atoms with Crippen molar-refractivity contribution in [2.45, 2.75) is 13.8 Å². The highest BCUT2D eigenvalue weighted by molar-refractivity contribution is 7.73. The molecule has 0 aromatic heterocycles. The molecule has 2 aromatic carbocycles. The summed E-state index contributed by atoms with van der Waals surface area (Å²) >= 11 is 0. The van der Waals surface area contributed by atoms with Crippen molar-refractivity contribution in [3.05, 3.63) is 54.6 Å². The van der Waals surface area contributed by atoms with Crippen molar-refractivity contribution in [3.8, 4) is 5.75 Å². The lowest BCUT2D eigenvalue weighted by atomic mass is 10.3. The zero-order chi connectivity index (χ0) is 18.1. The van der Waals surface area contributed by atoms with Gasteiger partial charge in [-0.15, -0.1) is 0 Å². The van der Waals surface area contributed by atoms with Crippen LogP contribution in [0, 0.1) is 0 Å². The Hall–Kier alpha value is -1.18. The van der Waals surface area contributed by atoms with Gasteiger partial charge in [-0.2, -0.15) is 0 Å². The van der Waals surface area contributed by atoms with Gasteiger partial charge in [-0.05, 0) is 39.3 Å². The standard InChI is InChI=1S/C19H26O4P2/c1-4-22-25(20,23-5-2)16-15-24(17-11-7-6-8-12-17)19-14-10-9-13-18(19)21-3/h6-14H,4-5,15-16H2,1-3H3. The van der Waals surface area contributed by atoms with Gasteiger partial charge in [0.05, 0.1) is 26.5 Å². The van der Waals surface area contributed by atoms with Crippen LogP contribution in [0.3, 0.4) is 0 Å². The number of hydrogen-bond donors (Lipinski definition) is 0. The third-order valence-electron chi connectivity index (χ3n) is 3.69. The van der Waals surface area contributed by atoms with Crippen molar-refractivity contribution in [1.82, 2.24) is 0 Å². The van der Waals surface area contributed by atoms with E-state index in [1.807, 2.05) is 50.2 Å². The molecule has 0 N–H and O–H groups in total. The maximum atomic E-state index is 12.9. The molecule has 0 saturated carbocycles. The molecule has 4 nitrogen and oxygen atoms in total. The van der Waals surface area contributed by atoms with Gasteiger partial charge in [-0.25, -0.2) is 0 Å². The summed E-state index contributed by atoms with van der Waals surface area (Å²) in [5.74, 6) is 0.861. The predicted octanol–water partition coefficient (Wildman–Crippen LogP) is 4.39. The first-order valence-electron chi connectivity index (χ1n) is 8.47. The number of benzene rings is 2. The number of methoxy groups -OCH3 is 1. The molecule has 0 heterocycles. The molecular formula is C19H26O4P2. The van der Waals surface area contributed by atoms with Crippen LogP contribution in [-0.4, -0.2) is 32.6 Å². The minimum absolute atomic E-state index is 0.384. The molecule has 0 aliphatic carbocycles. The Labute approximate surface area is 151 Å². The monoisotopic (exact) mass is 380 g/mol. The number of hydrogen-bond acceptors (Lipinski definition) is 4. The third-order valence-corrected chi connectivity index (χ3v) is 8.66. The van der Waals surface area contributed by atoms with Gasteiger partial charge >= 0.3 is 7.60 Å². The number of ether oxygens (including phenoxy) is 1. The summed E-state index contributed by atoms with van der Waals surface area (Å²) in [6, 6.07) is 18.3. The Morgan fingerprint density at radius 3 is 2.12 bits per heavy atom. The van der Waals surface area contributed by atoms with E-state index in [-0.39, 0.29) is 0 Å². The van der Waals surface area contributed by atoms with Crippen LogP contribution in [0.5, 0.6) is 5.75 Å². The van der Waals surface area contributed by atoms with Crippen LogP contribution >= 0.6 is 15.5 Å². The van der Waals surface area contributed by atoms with Gasteiger partial charge in [0.2, 0.25) is 0 Å². The Kier molecular flexibility index (Phi) is 8.12. The lowest BCUT2D eigenvalue weighted by Crippen LogP contribution is -2.18. The van der Waals surface area contributed by atoms with E-state index in [1.165, 1.54) is 5.30 Å². The molecule has 1 unspecified atom stereocenters. The highest BCUT2D eigenvalue weighted by Crippen LogP contribution is 2.51. The zero-order valence-corrected chi connectivity index (χ0v) is 16.8. The SMILES string of the molecule is CCOP(=O)(CCP(c1ccccc1)c1ccccc1OC)OCC. The van der Waals surface area contributed by atoms with Gasteiger partial charge in [0.15, 0.2) is 0 Å². The third kappa shape index (κ3) is 5.66. The van der Waals surface area contributed by atoms with Gasteiger partial charge in [-0.1, -0.05) is 48.5 Å². The van der Waals surface area contributed by atoms with E-state index in [0.29, 0.717) is 19.4 Å². The first-order chi connectivity index (χ1) is 12.1. The summed E-state index contributed by atoms with van der Waals surface area (Å²) in [6.45, 7) is 4.45. The fourth-order valence-corrected chi connectivity index (χ4v) is 7.54. The molecule has 0 radical (unpaired) electrons. The van der Waals surface area contributed by atoms with Gasteiger partial charge < -0.3 is 13.8 Å². The normalized spacial score (nSPS) is 12.8. The van der Waals surface area contributed by atoms with Crippen LogP contribution in [-0.2, 0) is 13.6 Å². The fraction of sp³-hybridized carbons (Fsp3) is 0.368. The Balaban J connectivity index is 2.31. The molecular weight excluding hydrogens is 354 g/mol. The molecule has 0 bridgehead atoms. The van der Waals surface area contributed by atoms with E-state index in [0.717, 1.165) is 17.2 Å². The average molecular weight is 380 g/mol. The van der Waals surface area contributed by atoms with Crippen LogP contribution in [0.15, 0.2) is 54.6 Å². The lowest BCUT2D eigenvalue weighted by molar-refractivity contribution is 0.221. The average Bonchev–Trinajstić information content (AvgIpc) is 2.63.